The van der Waals surface area contributed by atoms with Gasteiger partial charge in [0, 0.05) is 31.7 Å². The van der Waals surface area contributed by atoms with Crippen molar-refractivity contribution in [3.63, 3.8) is 0 Å². The number of rotatable bonds is 5. The molecular formula is C17H26BF3N2O. The van der Waals surface area contributed by atoms with E-state index in [4.69, 9.17) is 0 Å². The van der Waals surface area contributed by atoms with Crippen molar-refractivity contribution in [1.29, 1.82) is 0 Å². The molecule has 1 aliphatic rings. The van der Waals surface area contributed by atoms with E-state index in [0.717, 1.165) is 38.0 Å². The number of halogens is 3. The van der Waals surface area contributed by atoms with Gasteiger partial charge < -0.3 is 9.83 Å². The summed E-state index contributed by atoms with van der Waals surface area (Å²) in [6.45, 7) is 8.30. The Labute approximate surface area is 142 Å². The van der Waals surface area contributed by atoms with E-state index < -0.39 is 18.8 Å². The molecule has 24 heavy (non-hydrogen) atoms. The highest BCUT2D eigenvalue weighted by Crippen LogP contribution is 2.33. The Kier molecular flexibility index (Phi) is 6.34. The summed E-state index contributed by atoms with van der Waals surface area (Å²) in [5, 5.41) is 9.75. The third kappa shape index (κ3) is 4.52. The quantitative estimate of drug-likeness (QED) is 0.828. The van der Waals surface area contributed by atoms with E-state index in [1.165, 1.54) is 12.1 Å². The van der Waals surface area contributed by atoms with Gasteiger partial charge in [-0.05, 0) is 37.9 Å². The molecule has 0 saturated carbocycles. The fraction of sp³-hybridized carbons (Fsp3) is 0.647. The molecule has 0 radical (unpaired) electrons. The van der Waals surface area contributed by atoms with Crippen LogP contribution in [-0.2, 0) is 6.18 Å². The van der Waals surface area contributed by atoms with Gasteiger partial charge in [0.15, 0.2) is 0 Å². The summed E-state index contributed by atoms with van der Waals surface area (Å²) >= 11 is 0. The zero-order valence-electron chi connectivity index (χ0n) is 14.6. The Bertz CT molecular complexity index is 522. The zero-order chi connectivity index (χ0) is 17.9. The minimum Gasteiger partial charge on any atom is -0.437 e. The molecule has 1 aliphatic heterocycles. The summed E-state index contributed by atoms with van der Waals surface area (Å²) in [5.74, 6) is 0. The fourth-order valence-corrected chi connectivity index (χ4v) is 3.49. The molecule has 1 aromatic rings. The minimum absolute atomic E-state index is 0.114. The Balaban J connectivity index is 2.17. The molecule has 3 nitrogen and oxygen atoms in total. The van der Waals surface area contributed by atoms with Crippen LogP contribution in [0.25, 0.3) is 0 Å². The number of alkyl halides is 3. The summed E-state index contributed by atoms with van der Waals surface area (Å²) in [6, 6.07) is 5.92. The molecule has 1 N–H and O–H groups in total. The third-order valence-electron chi connectivity index (χ3n) is 4.82. The van der Waals surface area contributed by atoms with E-state index in [9.17, 15) is 18.2 Å². The highest BCUT2D eigenvalue weighted by molar-refractivity contribution is 6.45. The molecule has 0 amide bonds. The smallest absolute Gasteiger partial charge is 0.416 e. The predicted octanol–water partition coefficient (Wildman–Crippen LogP) is 3.66. The average Bonchev–Trinajstić information content (AvgIpc) is 2.52. The van der Waals surface area contributed by atoms with E-state index in [1.54, 1.807) is 19.0 Å². The average molecular weight is 342 g/mol. The maximum Gasteiger partial charge on any atom is 0.416 e. The van der Waals surface area contributed by atoms with Gasteiger partial charge in [0.25, 0.3) is 0 Å². The molecule has 2 atom stereocenters. The Morgan fingerprint density at radius 2 is 1.88 bits per heavy atom. The second-order valence-electron chi connectivity index (χ2n) is 6.64. The van der Waals surface area contributed by atoms with Gasteiger partial charge in [-0.2, -0.15) is 13.2 Å². The van der Waals surface area contributed by atoms with Crippen LogP contribution in [0.2, 0.25) is 6.82 Å². The first kappa shape index (κ1) is 19.3. The van der Waals surface area contributed by atoms with Crippen molar-refractivity contribution in [1.82, 2.24) is 9.71 Å². The lowest BCUT2D eigenvalue weighted by Crippen LogP contribution is -2.56. The molecule has 1 aromatic carbocycles. The minimum atomic E-state index is -4.30. The molecular weight excluding hydrogens is 316 g/mol. The monoisotopic (exact) mass is 342 g/mol. The van der Waals surface area contributed by atoms with E-state index in [1.807, 2.05) is 4.81 Å². The van der Waals surface area contributed by atoms with Crippen molar-refractivity contribution in [2.24, 2.45) is 0 Å². The number of hydrogen-bond acceptors (Lipinski definition) is 3. The largest absolute Gasteiger partial charge is 0.437 e. The van der Waals surface area contributed by atoms with Gasteiger partial charge in [-0.25, -0.2) is 0 Å². The lowest BCUT2D eigenvalue weighted by molar-refractivity contribution is -0.137. The summed E-state index contributed by atoms with van der Waals surface area (Å²) in [5.41, 5.74) is 0.329. The molecule has 0 aromatic heterocycles. The zero-order valence-corrected chi connectivity index (χ0v) is 14.6. The SMILES string of the molecule is CCCC(c1ccc(C(F)(F)F)cc1)N1CCN(B(C)O)C[C@@H]1C. The summed E-state index contributed by atoms with van der Waals surface area (Å²) in [7, 11) is -0.467. The van der Waals surface area contributed by atoms with Gasteiger partial charge in [0.1, 0.15) is 0 Å². The number of nitrogens with zero attached hydrogens (tertiary/aromatic N) is 2. The second-order valence-corrected chi connectivity index (χ2v) is 6.64. The molecule has 2 rings (SSSR count). The normalized spacial score (nSPS) is 21.7. The van der Waals surface area contributed by atoms with Crippen LogP contribution < -0.4 is 0 Å². The lowest BCUT2D eigenvalue weighted by Gasteiger charge is -2.44. The Morgan fingerprint density at radius 1 is 1.25 bits per heavy atom. The number of piperazine rings is 1. The summed E-state index contributed by atoms with van der Waals surface area (Å²) < 4.78 is 38.3. The molecule has 1 heterocycles. The van der Waals surface area contributed by atoms with E-state index in [-0.39, 0.29) is 12.1 Å². The lowest BCUT2D eigenvalue weighted by atomic mass is 9.83. The molecule has 0 bridgehead atoms. The van der Waals surface area contributed by atoms with Crippen LogP contribution in [0.3, 0.4) is 0 Å². The van der Waals surface area contributed by atoms with Crippen molar-refractivity contribution in [3.8, 4) is 0 Å². The highest BCUT2D eigenvalue weighted by Gasteiger charge is 2.33. The number of hydrogen-bond donors (Lipinski definition) is 1. The molecule has 7 heteroatoms. The predicted molar refractivity (Wildman–Crippen MR) is 90.7 cm³/mol. The van der Waals surface area contributed by atoms with Crippen molar-refractivity contribution < 1.29 is 18.2 Å². The maximum absolute atomic E-state index is 12.8. The van der Waals surface area contributed by atoms with Crippen molar-refractivity contribution in [2.75, 3.05) is 19.6 Å². The van der Waals surface area contributed by atoms with Crippen molar-refractivity contribution in [3.05, 3.63) is 35.4 Å². The van der Waals surface area contributed by atoms with Crippen molar-refractivity contribution >= 4 is 7.05 Å². The van der Waals surface area contributed by atoms with Crippen LogP contribution in [0.15, 0.2) is 24.3 Å². The molecule has 0 spiro atoms. The number of benzene rings is 1. The van der Waals surface area contributed by atoms with Crippen LogP contribution in [-0.4, -0.2) is 47.5 Å². The first-order chi connectivity index (χ1) is 11.2. The summed E-state index contributed by atoms with van der Waals surface area (Å²) in [4.78, 5) is 4.38. The molecule has 134 valence electrons. The first-order valence-electron chi connectivity index (χ1n) is 8.59. The Hall–Kier alpha value is -1.05. The van der Waals surface area contributed by atoms with E-state index >= 15 is 0 Å². The van der Waals surface area contributed by atoms with Crippen LogP contribution in [0.5, 0.6) is 0 Å². The van der Waals surface area contributed by atoms with Crippen LogP contribution >= 0.6 is 0 Å². The second kappa shape index (κ2) is 7.89. The molecule has 1 saturated heterocycles. The first-order valence-corrected chi connectivity index (χ1v) is 8.59. The van der Waals surface area contributed by atoms with Gasteiger partial charge >= 0.3 is 13.2 Å². The molecule has 0 aliphatic carbocycles. The third-order valence-corrected chi connectivity index (χ3v) is 4.82. The van der Waals surface area contributed by atoms with Gasteiger partial charge in [-0.15, -0.1) is 0 Å². The van der Waals surface area contributed by atoms with Gasteiger partial charge in [-0.3, -0.25) is 4.90 Å². The summed E-state index contributed by atoms with van der Waals surface area (Å²) in [6.07, 6.45) is -2.42. The maximum atomic E-state index is 12.8. The van der Waals surface area contributed by atoms with Crippen molar-refractivity contribution in [2.45, 2.75) is 51.8 Å². The van der Waals surface area contributed by atoms with Crippen LogP contribution in [0, 0.1) is 0 Å². The van der Waals surface area contributed by atoms with Crippen LogP contribution in [0.1, 0.15) is 43.9 Å². The molecule has 1 fully saturated rings. The van der Waals surface area contributed by atoms with Gasteiger partial charge in [-0.1, -0.05) is 25.5 Å². The van der Waals surface area contributed by atoms with Gasteiger partial charge in [0.2, 0.25) is 0 Å². The fourth-order valence-electron chi connectivity index (χ4n) is 3.49. The highest BCUT2D eigenvalue weighted by atomic mass is 19.4. The Morgan fingerprint density at radius 3 is 2.33 bits per heavy atom. The topological polar surface area (TPSA) is 26.7 Å². The molecule has 1 unspecified atom stereocenters. The van der Waals surface area contributed by atoms with Crippen LogP contribution in [0.4, 0.5) is 13.2 Å². The van der Waals surface area contributed by atoms with E-state index in [2.05, 4.69) is 18.7 Å². The standard InChI is InChI=1S/C17H26BF3N2O/c1-4-5-16(14-6-8-15(9-7-14)17(19,20)21)23-11-10-22(18(3)24)12-13(23)2/h6-9,13,16,24H,4-5,10-12H2,1-3H3/t13-,16?/m0/s1. The van der Waals surface area contributed by atoms with Gasteiger partial charge in [0.05, 0.1) is 5.56 Å². The van der Waals surface area contributed by atoms with E-state index in [0.29, 0.717) is 0 Å².